The zero-order chi connectivity index (χ0) is 16.5. The lowest BCUT2D eigenvalue weighted by molar-refractivity contribution is 0.414. The third kappa shape index (κ3) is 7.71. The van der Waals surface area contributed by atoms with E-state index in [1.54, 1.807) is 50.6 Å². The van der Waals surface area contributed by atoms with Crippen LogP contribution in [0.15, 0.2) is 48.5 Å². The minimum atomic E-state index is 0. The summed E-state index contributed by atoms with van der Waals surface area (Å²) in [6.07, 6.45) is 0. The Kier molecular flexibility index (Phi) is 12.0. The van der Waals surface area contributed by atoms with E-state index in [0.29, 0.717) is 11.1 Å². The lowest BCUT2D eigenvalue weighted by Crippen LogP contribution is -2.10. The number of rotatable bonds is 4. The van der Waals surface area contributed by atoms with E-state index in [4.69, 9.17) is 31.8 Å². The topological polar surface area (TPSA) is 118 Å². The fourth-order valence-corrected chi connectivity index (χ4v) is 1.58. The van der Waals surface area contributed by atoms with Gasteiger partial charge in [-0.1, -0.05) is 24.3 Å². The van der Waals surface area contributed by atoms with Gasteiger partial charge < -0.3 is 20.9 Å². The van der Waals surface area contributed by atoms with Crippen LogP contribution in [-0.2, 0) is 0 Å². The Morgan fingerprint density at radius 3 is 1.33 bits per heavy atom. The number of methoxy groups -OCH3 is 2. The van der Waals surface area contributed by atoms with Crippen LogP contribution >= 0.6 is 24.8 Å². The van der Waals surface area contributed by atoms with E-state index in [9.17, 15) is 0 Å². The molecule has 2 aromatic carbocycles. The molecule has 0 amide bonds. The van der Waals surface area contributed by atoms with E-state index in [0.717, 1.165) is 11.5 Å². The first-order valence-corrected chi connectivity index (χ1v) is 6.44. The van der Waals surface area contributed by atoms with Crippen LogP contribution in [-0.4, -0.2) is 25.9 Å². The molecule has 2 rings (SSSR count). The molecule has 0 aromatic heterocycles. The van der Waals surface area contributed by atoms with E-state index in [1.165, 1.54) is 0 Å². The minimum Gasteiger partial charge on any atom is -0.497 e. The van der Waals surface area contributed by atoms with Gasteiger partial charge in [0.05, 0.1) is 14.2 Å². The first-order valence-electron chi connectivity index (χ1n) is 6.44. The Hall–Kier alpha value is -2.44. The Morgan fingerprint density at radius 1 is 0.750 bits per heavy atom. The van der Waals surface area contributed by atoms with E-state index in [2.05, 4.69) is 0 Å². The first kappa shape index (κ1) is 23.8. The summed E-state index contributed by atoms with van der Waals surface area (Å²) in [6, 6.07) is 14.2. The molecule has 0 aliphatic carbocycles. The maximum Gasteiger partial charge on any atom is 0.122 e. The van der Waals surface area contributed by atoms with Crippen molar-refractivity contribution in [2.24, 2.45) is 11.5 Å². The number of halogens is 2. The van der Waals surface area contributed by atoms with Crippen LogP contribution in [0.1, 0.15) is 11.1 Å². The standard InChI is InChI=1S/2C8H10N2O.2ClH/c2*1-11-7-4-2-3-6(5-7)8(9)10;;/h2*2-5H,1H3,(H3,9,10);2*1H. The fourth-order valence-electron chi connectivity index (χ4n) is 1.58. The molecule has 8 heteroatoms. The van der Waals surface area contributed by atoms with Crippen LogP contribution in [0.3, 0.4) is 0 Å². The van der Waals surface area contributed by atoms with E-state index in [1.807, 2.05) is 12.1 Å². The van der Waals surface area contributed by atoms with E-state index >= 15 is 0 Å². The van der Waals surface area contributed by atoms with Crippen LogP contribution in [0.5, 0.6) is 11.5 Å². The smallest absolute Gasteiger partial charge is 0.122 e. The van der Waals surface area contributed by atoms with Gasteiger partial charge in [0.2, 0.25) is 0 Å². The molecule has 0 aliphatic rings. The normalized spacial score (nSPS) is 8.42. The molecule has 0 saturated heterocycles. The number of benzene rings is 2. The summed E-state index contributed by atoms with van der Waals surface area (Å²) in [7, 11) is 3.17. The minimum absolute atomic E-state index is 0. The van der Waals surface area contributed by atoms with E-state index in [-0.39, 0.29) is 36.5 Å². The fraction of sp³-hybridized carbons (Fsp3) is 0.125. The first-order chi connectivity index (χ1) is 10.5. The van der Waals surface area contributed by atoms with Gasteiger partial charge in [-0.3, -0.25) is 10.8 Å². The van der Waals surface area contributed by atoms with Gasteiger partial charge in [0.15, 0.2) is 0 Å². The molecule has 6 nitrogen and oxygen atoms in total. The summed E-state index contributed by atoms with van der Waals surface area (Å²) >= 11 is 0. The van der Waals surface area contributed by atoms with Gasteiger partial charge in [-0.15, -0.1) is 24.8 Å². The third-order valence-electron chi connectivity index (χ3n) is 2.76. The molecular formula is C16H22Cl2N4O2. The van der Waals surface area contributed by atoms with Crippen molar-refractivity contribution in [1.82, 2.24) is 0 Å². The summed E-state index contributed by atoms with van der Waals surface area (Å²) in [4.78, 5) is 0. The molecule has 0 radical (unpaired) electrons. The molecule has 0 aliphatic heterocycles. The van der Waals surface area contributed by atoms with Crippen molar-refractivity contribution in [3.05, 3.63) is 59.7 Å². The summed E-state index contributed by atoms with van der Waals surface area (Å²) < 4.78 is 9.91. The zero-order valence-electron chi connectivity index (χ0n) is 13.4. The number of hydrogen-bond donors (Lipinski definition) is 4. The molecule has 0 atom stereocenters. The molecule has 6 N–H and O–H groups in total. The van der Waals surface area contributed by atoms with Gasteiger partial charge in [0.25, 0.3) is 0 Å². The van der Waals surface area contributed by atoms with Crippen LogP contribution in [0.25, 0.3) is 0 Å². The molecule has 0 bridgehead atoms. The second kappa shape index (κ2) is 12.0. The Morgan fingerprint density at radius 2 is 1.08 bits per heavy atom. The van der Waals surface area contributed by atoms with Crippen molar-refractivity contribution in [2.75, 3.05) is 14.2 Å². The molecule has 0 spiro atoms. The van der Waals surface area contributed by atoms with Gasteiger partial charge in [-0.2, -0.15) is 0 Å². The number of amidine groups is 2. The highest BCUT2D eigenvalue weighted by Crippen LogP contribution is 2.12. The molecule has 132 valence electrons. The van der Waals surface area contributed by atoms with Gasteiger partial charge >= 0.3 is 0 Å². The number of nitrogen functional groups attached to an aromatic ring is 2. The zero-order valence-corrected chi connectivity index (χ0v) is 15.0. The summed E-state index contributed by atoms with van der Waals surface area (Å²) in [5.41, 5.74) is 11.9. The van der Waals surface area contributed by atoms with Crippen LogP contribution in [0.4, 0.5) is 0 Å². The largest absolute Gasteiger partial charge is 0.497 e. The highest BCUT2D eigenvalue weighted by atomic mass is 35.5. The number of nitrogens with one attached hydrogen (secondary N) is 2. The van der Waals surface area contributed by atoms with Crippen molar-refractivity contribution in [3.63, 3.8) is 0 Å². The van der Waals surface area contributed by atoms with Crippen LogP contribution in [0.2, 0.25) is 0 Å². The van der Waals surface area contributed by atoms with Crippen molar-refractivity contribution >= 4 is 36.5 Å². The summed E-state index contributed by atoms with van der Waals surface area (Å²) in [6.45, 7) is 0. The second-order valence-electron chi connectivity index (χ2n) is 4.29. The van der Waals surface area contributed by atoms with Crippen molar-refractivity contribution in [3.8, 4) is 11.5 Å². The molecule has 0 heterocycles. The highest BCUT2D eigenvalue weighted by molar-refractivity contribution is 5.95. The average molecular weight is 373 g/mol. The van der Waals surface area contributed by atoms with Crippen LogP contribution in [0, 0.1) is 10.8 Å². The molecule has 0 fully saturated rings. The third-order valence-corrected chi connectivity index (χ3v) is 2.76. The predicted octanol–water partition coefficient (Wildman–Crippen LogP) is 2.80. The SMILES string of the molecule is COc1cccc(C(=N)N)c1.COc1cccc(C(=N)N)c1.Cl.Cl. The van der Waals surface area contributed by atoms with Crippen molar-refractivity contribution < 1.29 is 9.47 Å². The van der Waals surface area contributed by atoms with Crippen molar-refractivity contribution in [1.29, 1.82) is 10.8 Å². The Bertz CT molecular complexity index is 609. The maximum atomic E-state index is 7.13. The molecule has 24 heavy (non-hydrogen) atoms. The molecular weight excluding hydrogens is 351 g/mol. The summed E-state index contributed by atoms with van der Waals surface area (Å²) in [5.74, 6) is 1.56. The number of ether oxygens (including phenoxy) is 2. The lowest BCUT2D eigenvalue weighted by Gasteiger charge is -2.01. The van der Waals surface area contributed by atoms with E-state index < -0.39 is 0 Å². The number of nitrogens with two attached hydrogens (primary N) is 2. The van der Waals surface area contributed by atoms with Crippen molar-refractivity contribution in [2.45, 2.75) is 0 Å². The highest BCUT2D eigenvalue weighted by Gasteiger charge is 1.97. The Balaban J connectivity index is 0. The van der Waals surface area contributed by atoms with Gasteiger partial charge in [0.1, 0.15) is 23.2 Å². The second-order valence-corrected chi connectivity index (χ2v) is 4.29. The van der Waals surface area contributed by atoms with Gasteiger partial charge in [-0.25, -0.2) is 0 Å². The predicted molar refractivity (Wildman–Crippen MR) is 103 cm³/mol. The molecule has 0 saturated carbocycles. The maximum absolute atomic E-state index is 7.13. The summed E-state index contributed by atoms with van der Waals surface area (Å²) in [5, 5.41) is 14.3. The van der Waals surface area contributed by atoms with Gasteiger partial charge in [0, 0.05) is 11.1 Å². The monoisotopic (exact) mass is 372 g/mol. The average Bonchev–Trinajstić information content (AvgIpc) is 2.55. The molecule has 0 unspecified atom stereocenters. The quantitative estimate of drug-likeness (QED) is 0.487. The molecule has 2 aromatic rings. The Labute approximate surface area is 154 Å². The van der Waals surface area contributed by atoms with Gasteiger partial charge in [-0.05, 0) is 24.3 Å². The lowest BCUT2D eigenvalue weighted by atomic mass is 10.2. The van der Waals surface area contributed by atoms with Crippen LogP contribution < -0.4 is 20.9 Å². The number of hydrogen-bond acceptors (Lipinski definition) is 4.